The summed E-state index contributed by atoms with van der Waals surface area (Å²) in [6.07, 6.45) is 1.77. The summed E-state index contributed by atoms with van der Waals surface area (Å²) in [6, 6.07) is 8.28. The first kappa shape index (κ1) is 13.0. The zero-order valence-corrected chi connectivity index (χ0v) is 12.8. The highest BCUT2D eigenvalue weighted by Gasteiger charge is 2.12. The lowest BCUT2D eigenvalue weighted by Crippen LogP contribution is -2.26. The number of aromatic amines is 1. The van der Waals surface area contributed by atoms with E-state index in [0.717, 1.165) is 46.4 Å². The minimum absolute atomic E-state index is 0.728. The van der Waals surface area contributed by atoms with Gasteiger partial charge in [-0.05, 0) is 17.7 Å². The van der Waals surface area contributed by atoms with Gasteiger partial charge >= 0.3 is 0 Å². The second kappa shape index (κ2) is 5.53. The van der Waals surface area contributed by atoms with Gasteiger partial charge in [0.1, 0.15) is 10.5 Å². The van der Waals surface area contributed by atoms with Crippen LogP contribution in [0.1, 0.15) is 22.6 Å². The summed E-state index contributed by atoms with van der Waals surface area (Å²) in [5.74, 6) is 0.948. The molecule has 3 nitrogen and oxygen atoms in total. The summed E-state index contributed by atoms with van der Waals surface area (Å²) >= 11 is 8.88. The van der Waals surface area contributed by atoms with Gasteiger partial charge in [0.25, 0.3) is 0 Å². The van der Waals surface area contributed by atoms with Crippen molar-refractivity contribution in [1.82, 2.24) is 15.3 Å². The predicted molar refractivity (Wildman–Crippen MR) is 81.8 cm³/mol. The van der Waals surface area contributed by atoms with Crippen molar-refractivity contribution < 1.29 is 0 Å². The fourth-order valence-corrected chi connectivity index (χ4v) is 3.10. The van der Waals surface area contributed by atoms with Gasteiger partial charge in [-0.1, -0.05) is 40.3 Å². The summed E-state index contributed by atoms with van der Waals surface area (Å²) in [4.78, 5) is 7.96. The number of aromatic nitrogens is 2. The molecule has 5 heteroatoms. The van der Waals surface area contributed by atoms with Gasteiger partial charge in [0, 0.05) is 41.7 Å². The number of benzene rings is 1. The molecule has 3 rings (SSSR count). The van der Waals surface area contributed by atoms with E-state index in [1.54, 1.807) is 0 Å². The van der Waals surface area contributed by atoms with Crippen LogP contribution >= 0.6 is 28.1 Å². The molecule has 98 valence electrons. The van der Waals surface area contributed by atoms with Crippen LogP contribution in [0.2, 0.25) is 0 Å². The average molecular weight is 336 g/mol. The predicted octanol–water partition coefficient (Wildman–Crippen LogP) is 3.14. The Morgan fingerprint density at radius 3 is 3.11 bits per heavy atom. The molecule has 1 aromatic carbocycles. The maximum absolute atomic E-state index is 5.39. The third-order valence-corrected chi connectivity index (χ3v) is 4.10. The zero-order chi connectivity index (χ0) is 13.2. The molecule has 0 radical (unpaired) electrons. The van der Waals surface area contributed by atoms with Gasteiger partial charge in [-0.15, -0.1) is 0 Å². The molecule has 0 spiro atoms. The van der Waals surface area contributed by atoms with Gasteiger partial charge in [0.05, 0.1) is 0 Å². The van der Waals surface area contributed by atoms with Crippen molar-refractivity contribution in [2.45, 2.75) is 19.4 Å². The SMILES string of the molecule is S=c1nc(Cc2cccc(Br)c2)[nH]c2c1CNCC2. The highest BCUT2D eigenvalue weighted by molar-refractivity contribution is 9.10. The highest BCUT2D eigenvalue weighted by Crippen LogP contribution is 2.16. The smallest absolute Gasteiger partial charge is 0.134 e. The van der Waals surface area contributed by atoms with Gasteiger partial charge in [-0.25, -0.2) is 4.98 Å². The molecular formula is C14H14BrN3S. The van der Waals surface area contributed by atoms with E-state index < -0.39 is 0 Å². The zero-order valence-electron chi connectivity index (χ0n) is 10.4. The molecule has 0 unspecified atom stereocenters. The number of fused-ring (bicyclic) bond motifs is 1. The molecule has 1 aliphatic rings. The molecule has 0 atom stereocenters. The molecule has 19 heavy (non-hydrogen) atoms. The lowest BCUT2D eigenvalue weighted by molar-refractivity contribution is 0.619. The van der Waals surface area contributed by atoms with E-state index in [1.807, 2.05) is 12.1 Å². The van der Waals surface area contributed by atoms with E-state index in [1.165, 1.54) is 11.3 Å². The Labute approximate surface area is 125 Å². The average Bonchev–Trinajstić information content (AvgIpc) is 2.39. The summed E-state index contributed by atoms with van der Waals surface area (Å²) in [7, 11) is 0. The molecule has 2 aromatic rings. The number of rotatable bonds is 2. The molecule has 0 amide bonds. The number of nitrogens with one attached hydrogen (secondary N) is 2. The molecule has 2 heterocycles. The van der Waals surface area contributed by atoms with Gasteiger partial charge in [-0.2, -0.15) is 0 Å². The third kappa shape index (κ3) is 2.94. The summed E-state index contributed by atoms with van der Waals surface area (Å²) in [6.45, 7) is 1.83. The lowest BCUT2D eigenvalue weighted by Gasteiger charge is -2.17. The summed E-state index contributed by atoms with van der Waals surface area (Å²) in [5, 5.41) is 3.33. The first-order chi connectivity index (χ1) is 9.22. The van der Waals surface area contributed by atoms with Crippen LogP contribution in [0.25, 0.3) is 0 Å². The highest BCUT2D eigenvalue weighted by atomic mass is 79.9. The molecular weight excluding hydrogens is 322 g/mol. The third-order valence-electron chi connectivity index (χ3n) is 3.27. The Kier molecular flexibility index (Phi) is 3.77. The van der Waals surface area contributed by atoms with Gasteiger partial charge in [0.2, 0.25) is 0 Å². The second-order valence-electron chi connectivity index (χ2n) is 4.68. The van der Waals surface area contributed by atoms with Gasteiger partial charge in [-0.3, -0.25) is 0 Å². The van der Waals surface area contributed by atoms with Gasteiger partial charge in [0.15, 0.2) is 0 Å². The number of nitrogens with zero attached hydrogens (tertiary/aromatic N) is 1. The number of hydrogen-bond acceptors (Lipinski definition) is 3. The van der Waals surface area contributed by atoms with E-state index >= 15 is 0 Å². The minimum Gasteiger partial charge on any atom is -0.346 e. The summed E-state index contributed by atoms with van der Waals surface area (Å²) < 4.78 is 1.82. The van der Waals surface area contributed by atoms with Crippen LogP contribution in [-0.4, -0.2) is 16.5 Å². The van der Waals surface area contributed by atoms with Crippen LogP contribution in [0.15, 0.2) is 28.7 Å². The fraction of sp³-hybridized carbons (Fsp3) is 0.286. The first-order valence-electron chi connectivity index (χ1n) is 6.28. The molecule has 1 aliphatic heterocycles. The monoisotopic (exact) mass is 335 g/mol. The van der Waals surface area contributed by atoms with Crippen molar-refractivity contribution in [3.63, 3.8) is 0 Å². The van der Waals surface area contributed by atoms with E-state index in [9.17, 15) is 0 Å². The maximum atomic E-state index is 5.39. The van der Waals surface area contributed by atoms with Crippen LogP contribution in [0.5, 0.6) is 0 Å². The van der Waals surface area contributed by atoms with Crippen LogP contribution < -0.4 is 5.32 Å². The molecule has 2 N–H and O–H groups in total. The lowest BCUT2D eigenvalue weighted by atomic mass is 10.1. The van der Waals surface area contributed by atoms with Crippen LogP contribution in [0, 0.1) is 4.64 Å². The maximum Gasteiger partial charge on any atom is 0.134 e. The largest absolute Gasteiger partial charge is 0.346 e. The van der Waals surface area contributed by atoms with E-state index in [-0.39, 0.29) is 0 Å². The minimum atomic E-state index is 0.728. The Morgan fingerprint density at radius 2 is 2.26 bits per heavy atom. The van der Waals surface area contributed by atoms with Crippen molar-refractivity contribution >= 4 is 28.1 Å². The van der Waals surface area contributed by atoms with Crippen LogP contribution in [0.4, 0.5) is 0 Å². The number of halogens is 1. The Morgan fingerprint density at radius 1 is 1.37 bits per heavy atom. The molecule has 0 saturated carbocycles. The molecule has 1 aromatic heterocycles. The topological polar surface area (TPSA) is 40.7 Å². The fourth-order valence-electron chi connectivity index (χ4n) is 2.34. The normalized spacial score (nSPS) is 14.2. The van der Waals surface area contributed by atoms with E-state index in [2.05, 4.69) is 43.3 Å². The van der Waals surface area contributed by atoms with Gasteiger partial charge < -0.3 is 10.3 Å². The van der Waals surface area contributed by atoms with Crippen LogP contribution in [-0.2, 0) is 19.4 Å². The molecule has 0 fully saturated rings. The Balaban J connectivity index is 1.94. The van der Waals surface area contributed by atoms with Crippen molar-refractivity contribution in [3.8, 4) is 0 Å². The second-order valence-corrected chi connectivity index (χ2v) is 5.98. The first-order valence-corrected chi connectivity index (χ1v) is 7.48. The van der Waals surface area contributed by atoms with Crippen molar-refractivity contribution in [2.24, 2.45) is 0 Å². The number of H-pyrrole nitrogens is 1. The Bertz CT molecular complexity index is 666. The quantitative estimate of drug-likeness (QED) is 0.828. The Hall–Kier alpha value is -1.04. The van der Waals surface area contributed by atoms with E-state index in [4.69, 9.17) is 12.2 Å². The van der Waals surface area contributed by atoms with E-state index in [0.29, 0.717) is 0 Å². The van der Waals surface area contributed by atoms with Crippen molar-refractivity contribution in [3.05, 3.63) is 56.0 Å². The number of hydrogen-bond donors (Lipinski definition) is 2. The molecule has 0 aliphatic carbocycles. The standard InChI is InChI=1S/C14H14BrN3S/c15-10-3-1-2-9(6-10)7-13-17-12-4-5-16-8-11(12)14(19)18-13/h1-3,6,16H,4-5,7-8H2,(H,17,18,19). The summed E-state index contributed by atoms with van der Waals surface area (Å²) in [5.41, 5.74) is 3.62. The van der Waals surface area contributed by atoms with Crippen LogP contribution in [0.3, 0.4) is 0 Å². The van der Waals surface area contributed by atoms with Crippen molar-refractivity contribution in [1.29, 1.82) is 0 Å². The molecule has 0 bridgehead atoms. The molecule has 0 saturated heterocycles. The van der Waals surface area contributed by atoms with Crippen molar-refractivity contribution in [2.75, 3.05) is 6.54 Å².